The van der Waals surface area contributed by atoms with E-state index >= 15 is 0 Å². The maximum atomic E-state index is 4.84. The molecule has 4 aromatic rings. The smallest absolute Gasteiger partial charge is 0.174 e. The van der Waals surface area contributed by atoms with Gasteiger partial charge >= 0.3 is 0 Å². The SMILES string of the molecule is C1=c2nnn(Cc3ccc4ncccc4c3)c2=NC(c2cn[nH]c2)C1. The molecule has 0 spiro atoms. The summed E-state index contributed by atoms with van der Waals surface area (Å²) >= 11 is 0. The number of H-pyrrole nitrogens is 1. The molecule has 7 heteroatoms. The summed E-state index contributed by atoms with van der Waals surface area (Å²) in [5.41, 5.74) is 4.04. The summed E-state index contributed by atoms with van der Waals surface area (Å²) < 4.78 is 1.86. The summed E-state index contributed by atoms with van der Waals surface area (Å²) in [7, 11) is 0. The van der Waals surface area contributed by atoms with Crippen molar-refractivity contribution in [3.05, 3.63) is 70.9 Å². The van der Waals surface area contributed by atoms with E-state index in [1.165, 1.54) is 0 Å². The Morgan fingerprint density at radius 3 is 3.16 bits per heavy atom. The van der Waals surface area contributed by atoms with Crippen LogP contribution in [0.15, 0.2) is 53.9 Å². The van der Waals surface area contributed by atoms with E-state index in [9.17, 15) is 0 Å². The van der Waals surface area contributed by atoms with Crippen LogP contribution in [0.1, 0.15) is 23.6 Å². The molecule has 0 saturated carbocycles. The molecule has 1 aromatic carbocycles. The largest absolute Gasteiger partial charge is 0.285 e. The van der Waals surface area contributed by atoms with Gasteiger partial charge in [-0.15, -0.1) is 5.10 Å². The molecule has 5 rings (SSSR count). The molecule has 0 amide bonds. The van der Waals surface area contributed by atoms with Gasteiger partial charge in [0.05, 0.1) is 24.3 Å². The van der Waals surface area contributed by atoms with Gasteiger partial charge in [-0.3, -0.25) is 15.1 Å². The highest BCUT2D eigenvalue weighted by molar-refractivity contribution is 5.78. The van der Waals surface area contributed by atoms with Crippen LogP contribution in [0.2, 0.25) is 0 Å². The fourth-order valence-corrected chi connectivity index (χ4v) is 3.17. The molecule has 0 aliphatic carbocycles. The molecule has 7 nitrogen and oxygen atoms in total. The summed E-state index contributed by atoms with van der Waals surface area (Å²) in [6.45, 7) is 0.628. The molecule has 1 aliphatic heterocycles. The Morgan fingerprint density at radius 1 is 1.24 bits per heavy atom. The monoisotopic (exact) mass is 329 g/mol. The lowest BCUT2D eigenvalue weighted by molar-refractivity contribution is 0.599. The van der Waals surface area contributed by atoms with E-state index in [2.05, 4.69) is 49.8 Å². The highest BCUT2D eigenvalue weighted by atomic mass is 15.4. The lowest BCUT2D eigenvalue weighted by Crippen LogP contribution is -2.34. The predicted octanol–water partition coefficient (Wildman–Crippen LogP) is 1.14. The van der Waals surface area contributed by atoms with Gasteiger partial charge in [0.1, 0.15) is 5.35 Å². The lowest BCUT2D eigenvalue weighted by Gasteiger charge is -2.10. The van der Waals surface area contributed by atoms with Crippen molar-refractivity contribution in [1.29, 1.82) is 0 Å². The van der Waals surface area contributed by atoms with Crippen LogP contribution in [-0.4, -0.2) is 30.2 Å². The molecular formula is C18H15N7. The van der Waals surface area contributed by atoms with Crippen molar-refractivity contribution in [1.82, 2.24) is 30.2 Å². The van der Waals surface area contributed by atoms with Gasteiger partial charge in [-0.25, -0.2) is 4.68 Å². The van der Waals surface area contributed by atoms with Gasteiger partial charge in [0.2, 0.25) is 0 Å². The molecular weight excluding hydrogens is 314 g/mol. The number of pyridine rings is 1. The maximum absolute atomic E-state index is 4.84. The van der Waals surface area contributed by atoms with Gasteiger partial charge in [-0.2, -0.15) is 5.10 Å². The molecule has 122 valence electrons. The molecule has 1 N–H and O–H groups in total. The van der Waals surface area contributed by atoms with Crippen LogP contribution >= 0.6 is 0 Å². The Hall–Kier alpha value is -3.35. The van der Waals surface area contributed by atoms with Crippen molar-refractivity contribution in [2.45, 2.75) is 19.0 Å². The minimum atomic E-state index is 0.0595. The summed E-state index contributed by atoms with van der Waals surface area (Å²) in [6, 6.07) is 10.3. The van der Waals surface area contributed by atoms with Crippen molar-refractivity contribution in [2.75, 3.05) is 0 Å². The molecule has 3 aromatic heterocycles. The minimum absolute atomic E-state index is 0.0595. The molecule has 1 aliphatic rings. The second-order valence-corrected chi connectivity index (χ2v) is 6.10. The van der Waals surface area contributed by atoms with E-state index in [4.69, 9.17) is 4.99 Å². The molecule has 0 saturated heterocycles. The van der Waals surface area contributed by atoms with Crippen molar-refractivity contribution in [2.24, 2.45) is 4.99 Å². The van der Waals surface area contributed by atoms with Crippen molar-refractivity contribution in [3.63, 3.8) is 0 Å². The first-order valence-corrected chi connectivity index (χ1v) is 8.17. The number of hydrogen-bond acceptors (Lipinski definition) is 5. The van der Waals surface area contributed by atoms with Crippen LogP contribution in [0.5, 0.6) is 0 Å². The molecule has 0 fully saturated rings. The highest BCUT2D eigenvalue weighted by Crippen LogP contribution is 2.20. The van der Waals surface area contributed by atoms with Gasteiger partial charge in [0.15, 0.2) is 5.49 Å². The number of rotatable bonds is 3. The Morgan fingerprint density at radius 2 is 2.24 bits per heavy atom. The standard InChI is InChI=1S/C18H15N7/c1-2-13-8-12(3-4-15(13)19-7-1)11-25-18-17(23-24-25)6-5-16(22-18)14-9-20-21-10-14/h1-4,6-10,16H,5,11H2,(H,20,21). The number of benzene rings is 1. The van der Waals surface area contributed by atoms with Crippen LogP contribution in [0.25, 0.3) is 17.0 Å². The third-order valence-electron chi connectivity index (χ3n) is 4.45. The summed E-state index contributed by atoms with van der Waals surface area (Å²) in [5.74, 6) is 0. The summed E-state index contributed by atoms with van der Waals surface area (Å²) in [4.78, 5) is 9.20. The second-order valence-electron chi connectivity index (χ2n) is 6.10. The zero-order chi connectivity index (χ0) is 16.6. The number of aromatic amines is 1. The van der Waals surface area contributed by atoms with E-state index in [1.807, 2.05) is 29.2 Å². The molecule has 0 bridgehead atoms. The minimum Gasteiger partial charge on any atom is -0.285 e. The molecule has 0 radical (unpaired) electrons. The normalized spacial score (nSPS) is 16.2. The van der Waals surface area contributed by atoms with Gasteiger partial charge in [0.25, 0.3) is 0 Å². The Bertz CT molecular complexity index is 1160. The number of fused-ring (bicyclic) bond motifs is 2. The lowest BCUT2D eigenvalue weighted by atomic mass is 10.1. The van der Waals surface area contributed by atoms with Crippen LogP contribution in [0, 0.1) is 0 Å². The highest BCUT2D eigenvalue weighted by Gasteiger charge is 2.15. The van der Waals surface area contributed by atoms with Crippen molar-refractivity contribution < 1.29 is 0 Å². The Kier molecular flexibility index (Phi) is 3.16. The fraction of sp³-hybridized carbons (Fsp3) is 0.167. The third kappa shape index (κ3) is 2.50. The topological polar surface area (TPSA) is 84.6 Å². The van der Waals surface area contributed by atoms with Gasteiger partial charge in [-0.05, 0) is 30.2 Å². The van der Waals surface area contributed by atoms with Crippen LogP contribution in [-0.2, 0) is 6.54 Å². The van der Waals surface area contributed by atoms with Crippen molar-refractivity contribution in [3.8, 4) is 0 Å². The first-order valence-electron chi connectivity index (χ1n) is 8.17. The quantitative estimate of drug-likeness (QED) is 0.611. The van der Waals surface area contributed by atoms with E-state index < -0.39 is 0 Å². The first-order chi connectivity index (χ1) is 12.4. The molecule has 4 heterocycles. The van der Waals surface area contributed by atoms with Crippen LogP contribution in [0.3, 0.4) is 0 Å². The van der Waals surface area contributed by atoms with Crippen molar-refractivity contribution >= 4 is 17.0 Å². The fourth-order valence-electron chi connectivity index (χ4n) is 3.17. The number of nitrogens with zero attached hydrogens (tertiary/aromatic N) is 6. The van der Waals surface area contributed by atoms with Gasteiger partial charge in [-0.1, -0.05) is 23.4 Å². The second kappa shape index (κ2) is 5.62. The number of aromatic nitrogens is 6. The Labute approximate surface area is 142 Å². The zero-order valence-electron chi connectivity index (χ0n) is 13.4. The first kappa shape index (κ1) is 14.0. The molecule has 25 heavy (non-hydrogen) atoms. The van der Waals surface area contributed by atoms with Gasteiger partial charge < -0.3 is 0 Å². The van der Waals surface area contributed by atoms with Crippen LogP contribution in [0.4, 0.5) is 0 Å². The third-order valence-corrected chi connectivity index (χ3v) is 4.45. The van der Waals surface area contributed by atoms with E-state index in [0.717, 1.165) is 39.3 Å². The zero-order valence-corrected chi connectivity index (χ0v) is 13.4. The number of nitrogens with one attached hydrogen (secondary N) is 1. The summed E-state index contributed by atoms with van der Waals surface area (Å²) in [5, 5.41) is 17.4. The van der Waals surface area contributed by atoms with Crippen LogP contribution < -0.4 is 10.8 Å². The maximum Gasteiger partial charge on any atom is 0.174 e. The van der Waals surface area contributed by atoms with E-state index in [0.29, 0.717) is 6.54 Å². The number of hydrogen-bond donors (Lipinski definition) is 1. The Balaban J connectivity index is 1.53. The van der Waals surface area contributed by atoms with Gasteiger partial charge in [0, 0.05) is 23.3 Å². The summed E-state index contributed by atoms with van der Waals surface area (Å²) in [6.07, 6.45) is 8.41. The average Bonchev–Trinajstić information content (AvgIpc) is 3.32. The predicted molar refractivity (Wildman–Crippen MR) is 92.1 cm³/mol. The molecule has 1 atom stereocenters. The molecule has 1 unspecified atom stereocenters. The average molecular weight is 329 g/mol. The van der Waals surface area contributed by atoms with E-state index in [1.54, 1.807) is 6.20 Å². The van der Waals surface area contributed by atoms with E-state index in [-0.39, 0.29) is 6.04 Å².